The molecule has 1 fully saturated rings. The van der Waals surface area contributed by atoms with Crippen LogP contribution in [0.4, 0.5) is 0 Å². The molecule has 0 spiro atoms. The Morgan fingerprint density at radius 2 is 1.84 bits per heavy atom. The number of nitrogens with two attached hydrogens (primary N) is 1. The van der Waals surface area contributed by atoms with Crippen molar-refractivity contribution in [2.75, 3.05) is 0 Å². The molecule has 1 aliphatic carbocycles. The summed E-state index contributed by atoms with van der Waals surface area (Å²) in [5.74, 6) is 1.39. The van der Waals surface area contributed by atoms with Gasteiger partial charge in [0.1, 0.15) is 0 Å². The lowest BCUT2D eigenvalue weighted by molar-refractivity contribution is -0.123. The summed E-state index contributed by atoms with van der Waals surface area (Å²) >= 11 is 0. The predicted octanol–water partition coefficient (Wildman–Crippen LogP) is 3.08. The molecule has 19 heavy (non-hydrogen) atoms. The largest absolute Gasteiger partial charge is 0.353 e. The molecule has 0 aromatic heterocycles. The minimum Gasteiger partial charge on any atom is -0.353 e. The van der Waals surface area contributed by atoms with Gasteiger partial charge in [0.2, 0.25) is 5.91 Å². The molecule has 112 valence electrons. The van der Waals surface area contributed by atoms with E-state index in [1.807, 2.05) is 0 Å². The minimum absolute atomic E-state index is 0.0125. The Morgan fingerprint density at radius 1 is 1.26 bits per heavy atom. The lowest BCUT2D eigenvalue weighted by Gasteiger charge is -2.35. The Kier molecular flexibility index (Phi) is 5.84. The summed E-state index contributed by atoms with van der Waals surface area (Å²) in [4.78, 5) is 12.1. The van der Waals surface area contributed by atoms with Crippen LogP contribution in [-0.4, -0.2) is 18.0 Å². The summed E-state index contributed by atoms with van der Waals surface area (Å²) in [6.45, 7) is 10.8. The summed E-state index contributed by atoms with van der Waals surface area (Å²) in [6.07, 6.45) is 5.34. The average molecular weight is 268 g/mol. The smallest absolute Gasteiger partial charge is 0.221 e. The van der Waals surface area contributed by atoms with Crippen molar-refractivity contribution < 1.29 is 4.79 Å². The first-order chi connectivity index (χ1) is 8.71. The summed E-state index contributed by atoms with van der Waals surface area (Å²) in [5, 5.41) is 3.23. The number of amides is 1. The molecule has 0 saturated heterocycles. The first kappa shape index (κ1) is 16.5. The van der Waals surface area contributed by atoms with Crippen molar-refractivity contribution in [2.24, 2.45) is 23.0 Å². The van der Waals surface area contributed by atoms with Crippen molar-refractivity contribution in [3.63, 3.8) is 0 Å². The van der Waals surface area contributed by atoms with E-state index in [2.05, 4.69) is 39.9 Å². The molecule has 0 radical (unpaired) electrons. The van der Waals surface area contributed by atoms with Crippen LogP contribution < -0.4 is 11.1 Å². The average Bonchev–Trinajstić information content (AvgIpc) is 2.27. The number of carbonyl (C=O) groups is 1. The molecule has 3 nitrogen and oxygen atoms in total. The molecule has 1 saturated carbocycles. The maximum absolute atomic E-state index is 12.1. The van der Waals surface area contributed by atoms with Crippen LogP contribution in [0, 0.1) is 17.3 Å². The molecule has 0 heterocycles. The molecular weight excluding hydrogens is 236 g/mol. The lowest BCUT2D eigenvalue weighted by atomic mass is 9.77. The van der Waals surface area contributed by atoms with Gasteiger partial charge in [-0.1, -0.05) is 47.5 Å². The van der Waals surface area contributed by atoms with Crippen LogP contribution in [-0.2, 0) is 4.79 Å². The normalized spacial score (nSPS) is 26.3. The molecule has 0 bridgehead atoms. The fourth-order valence-electron chi connectivity index (χ4n) is 2.91. The van der Waals surface area contributed by atoms with Gasteiger partial charge in [-0.25, -0.2) is 0 Å². The lowest BCUT2D eigenvalue weighted by Crippen LogP contribution is -2.47. The SMILES string of the molecule is CC(C)C1CCCCC1NC(=O)CC(N)C(C)(C)C. The second kappa shape index (κ2) is 6.74. The van der Waals surface area contributed by atoms with Crippen molar-refractivity contribution in [1.29, 1.82) is 0 Å². The van der Waals surface area contributed by atoms with Gasteiger partial charge < -0.3 is 11.1 Å². The second-order valence-electron chi connectivity index (χ2n) is 7.54. The topological polar surface area (TPSA) is 55.1 Å². The molecule has 1 amide bonds. The first-order valence-corrected chi connectivity index (χ1v) is 7.76. The molecule has 0 aliphatic heterocycles. The monoisotopic (exact) mass is 268 g/mol. The van der Waals surface area contributed by atoms with Gasteiger partial charge in [0, 0.05) is 18.5 Å². The van der Waals surface area contributed by atoms with E-state index in [0.717, 1.165) is 6.42 Å². The molecule has 1 aliphatic rings. The molecule has 3 unspecified atom stereocenters. The van der Waals surface area contributed by atoms with E-state index in [1.54, 1.807) is 0 Å². The molecule has 3 atom stereocenters. The molecule has 0 aromatic carbocycles. The Bertz CT molecular complexity index is 294. The zero-order valence-corrected chi connectivity index (χ0v) is 13.3. The second-order valence-corrected chi connectivity index (χ2v) is 7.54. The van der Waals surface area contributed by atoms with Crippen LogP contribution >= 0.6 is 0 Å². The fraction of sp³-hybridized carbons (Fsp3) is 0.938. The van der Waals surface area contributed by atoms with Crippen LogP contribution in [0.15, 0.2) is 0 Å². The summed E-state index contributed by atoms with van der Waals surface area (Å²) < 4.78 is 0. The van der Waals surface area contributed by atoms with Gasteiger partial charge in [0.15, 0.2) is 0 Å². The van der Waals surface area contributed by atoms with E-state index >= 15 is 0 Å². The molecular formula is C16H32N2O. The number of carbonyl (C=O) groups excluding carboxylic acids is 1. The van der Waals surface area contributed by atoms with Crippen LogP contribution in [0.25, 0.3) is 0 Å². The maximum atomic E-state index is 12.1. The third-order valence-corrected chi connectivity index (χ3v) is 4.54. The van der Waals surface area contributed by atoms with Gasteiger partial charge in [0.05, 0.1) is 0 Å². The van der Waals surface area contributed by atoms with Crippen molar-refractivity contribution in [3.8, 4) is 0 Å². The van der Waals surface area contributed by atoms with Crippen molar-refractivity contribution in [1.82, 2.24) is 5.32 Å². The highest BCUT2D eigenvalue weighted by atomic mass is 16.1. The minimum atomic E-state index is -0.0754. The third-order valence-electron chi connectivity index (χ3n) is 4.54. The molecule has 1 rings (SSSR count). The highest BCUT2D eigenvalue weighted by molar-refractivity contribution is 5.77. The van der Waals surface area contributed by atoms with E-state index < -0.39 is 0 Å². The highest BCUT2D eigenvalue weighted by Crippen LogP contribution is 2.30. The summed E-state index contributed by atoms with van der Waals surface area (Å²) in [7, 11) is 0. The van der Waals surface area contributed by atoms with Gasteiger partial charge in [-0.05, 0) is 30.1 Å². The van der Waals surface area contributed by atoms with Gasteiger partial charge >= 0.3 is 0 Å². The summed E-state index contributed by atoms with van der Waals surface area (Å²) in [5.41, 5.74) is 6.08. The van der Waals surface area contributed by atoms with Gasteiger partial charge in [-0.2, -0.15) is 0 Å². The number of hydrogen-bond acceptors (Lipinski definition) is 2. The van der Waals surface area contributed by atoms with E-state index in [1.165, 1.54) is 19.3 Å². The first-order valence-electron chi connectivity index (χ1n) is 7.76. The van der Waals surface area contributed by atoms with Crippen molar-refractivity contribution in [3.05, 3.63) is 0 Å². The van der Waals surface area contributed by atoms with Gasteiger partial charge in [-0.15, -0.1) is 0 Å². The Balaban J connectivity index is 2.50. The molecule has 0 aromatic rings. The Morgan fingerprint density at radius 3 is 2.37 bits per heavy atom. The van der Waals surface area contributed by atoms with E-state index in [0.29, 0.717) is 24.3 Å². The Labute approximate surface area is 118 Å². The van der Waals surface area contributed by atoms with Crippen molar-refractivity contribution in [2.45, 2.75) is 78.8 Å². The zero-order chi connectivity index (χ0) is 14.6. The highest BCUT2D eigenvalue weighted by Gasteiger charge is 2.30. The van der Waals surface area contributed by atoms with Crippen LogP contribution in [0.2, 0.25) is 0 Å². The number of nitrogens with one attached hydrogen (secondary N) is 1. The van der Waals surface area contributed by atoms with Crippen LogP contribution in [0.1, 0.15) is 66.7 Å². The van der Waals surface area contributed by atoms with E-state index in [9.17, 15) is 4.79 Å². The quantitative estimate of drug-likeness (QED) is 0.823. The number of hydrogen-bond donors (Lipinski definition) is 2. The maximum Gasteiger partial charge on any atom is 0.221 e. The van der Waals surface area contributed by atoms with Gasteiger partial charge in [-0.3, -0.25) is 4.79 Å². The summed E-state index contributed by atoms with van der Waals surface area (Å²) in [6, 6.07) is 0.280. The van der Waals surface area contributed by atoms with E-state index in [-0.39, 0.29) is 17.4 Å². The van der Waals surface area contributed by atoms with Crippen LogP contribution in [0.3, 0.4) is 0 Å². The molecule has 3 heteroatoms. The Hall–Kier alpha value is -0.570. The number of rotatable bonds is 4. The molecule has 3 N–H and O–H groups in total. The van der Waals surface area contributed by atoms with Gasteiger partial charge in [0.25, 0.3) is 0 Å². The fourth-order valence-corrected chi connectivity index (χ4v) is 2.91. The zero-order valence-electron chi connectivity index (χ0n) is 13.3. The van der Waals surface area contributed by atoms with Crippen LogP contribution in [0.5, 0.6) is 0 Å². The predicted molar refractivity (Wildman–Crippen MR) is 80.8 cm³/mol. The third kappa shape index (κ3) is 5.13. The van der Waals surface area contributed by atoms with E-state index in [4.69, 9.17) is 5.73 Å². The standard InChI is InChI=1S/C16H32N2O/c1-11(2)12-8-6-7-9-13(12)18-15(19)10-14(17)16(3,4)5/h11-14H,6-10,17H2,1-5H3,(H,18,19). The van der Waals surface area contributed by atoms with Crippen molar-refractivity contribution >= 4 is 5.91 Å².